The monoisotopic (exact) mass is 619 g/mol. The first-order valence-electron chi connectivity index (χ1n) is 13.9. The Morgan fingerprint density at radius 2 is 1.64 bits per heavy atom. The molecule has 2 unspecified atom stereocenters. The number of likely N-dealkylation sites (tertiary alicyclic amines) is 1. The third-order valence-corrected chi connectivity index (χ3v) is 9.39. The molecule has 3 saturated heterocycles. The van der Waals surface area contributed by atoms with E-state index in [1.54, 1.807) is 23.1 Å². The number of benzene rings is 2. The molecule has 9 nitrogen and oxygen atoms in total. The van der Waals surface area contributed by atoms with E-state index in [0.29, 0.717) is 48.3 Å². The topological polar surface area (TPSA) is 93.3 Å². The third kappa shape index (κ3) is 5.27. The maximum absolute atomic E-state index is 15.5. The molecule has 4 aliphatic rings. The summed E-state index contributed by atoms with van der Waals surface area (Å²) in [6, 6.07) is 8.19. The second-order valence-electron chi connectivity index (χ2n) is 11.2. The van der Waals surface area contributed by atoms with Gasteiger partial charge < -0.3 is 4.90 Å². The highest BCUT2D eigenvalue weighted by molar-refractivity contribution is 6.43. The van der Waals surface area contributed by atoms with Crippen molar-refractivity contribution in [2.75, 3.05) is 44.2 Å². The number of nitrogens with one attached hydrogen (secondary N) is 1. The van der Waals surface area contributed by atoms with Gasteiger partial charge in [0.1, 0.15) is 6.04 Å². The molecule has 4 aliphatic heterocycles. The number of rotatable bonds is 5. The first-order valence-corrected chi connectivity index (χ1v) is 14.7. The van der Waals surface area contributed by atoms with Gasteiger partial charge in [0.2, 0.25) is 11.8 Å². The number of carbonyl (C=O) groups is 4. The van der Waals surface area contributed by atoms with Gasteiger partial charge in [-0.05, 0) is 42.7 Å². The Kier molecular flexibility index (Phi) is 7.71. The zero-order chi connectivity index (χ0) is 29.8. The lowest BCUT2D eigenvalue weighted by Gasteiger charge is -2.46. The minimum Gasteiger partial charge on any atom is -0.368 e. The normalized spacial score (nSPS) is 25.1. The molecule has 6 rings (SSSR count). The lowest BCUT2D eigenvalue weighted by atomic mass is 9.97. The van der Waals surface area contributed by atoms with Crippen molar-refractivity contribution in [3.8, 4) is 0 Å². The average Bonchev–Trinajstić information content (AvgIpc) is 3.19. The highest BCUT2D eigenvalue weighted by Gasteiger charge is 2.48. The van der Waals surface area contributed by atoms with E-state index in [0.717, 1.165) is 10.6 Å². The number of imide groups is 2. The molecule has 0 bridgehead atoms. The second-order valence-corrected chi connectivity index (χ2v) is 12.0. The quantitative estimate of drug-likeness (QED) is 0.513. The van der Waals surface area contributed by atoms with Crippen LogP contribution >= 0.6 is 23.2 Å². The number of anilines is 1. The van der Waals surface area contributed by atoms with Crippen LogP contribution in [0, 0.1) is 0 Å². The Labute approximate surface area is 251 Å². The highest BCUT2D eigenvalue weighted by Crippen LogP contribution is 2.36. The minimum atomic E-state index is -2.95. The van der Waals surface area contributed by atoms with Gasteiger partial charge in [0.15, 0.2) is 0 Å². The number of piperidine rings is 2. The molecule has 4 amide bonds. The van der Waals surface area contributed by atoms with Crippen molar-refractivity contribution in [1.82, 2.24) is 20.0 Å². The third-order valence-electron chi connectivity index (χ3n) is 8.58. The molecule has 4 heterocycles. The van der Waals surface area contributed by atoms with E-state index in [2.05, 4.69) is 10.2 Å². The summed E-state index contributed by atoms with van der Waals surface area (Å²) in [7, 11) is 0. The van der Waals surface area contributed by atoms with Crippen LogP contribution in [0.4, 0.5) is 14.5 Å². The first-order chi connectivity index (χ1) is 20.0. The van der Waals surface area contributed by atoms with Gasteiger partial charge in [-0.2, -0.15) is 0 Å². The lowest BCUT2D eigenvalue weighted by molar-refractivity contribution is -0.136. The Morgan fingerprint density at radius 1 is 0.905 bits per heavy atom. The van der Waals surface area contributed by atoms with Gasteiger partial charge in [-0.25, -0.2) is 8.78 Å². The Hall–Kier alpha value is -3.12. The van der Waals surface area contributed by atoms with Crippen molar-refractivity contribution < 1.29 is 28.0 Å². The fourth-order valence-corrected chi connectivity index (χ4v) is 6.88. The molecule has 42 heavy (non-hydrogen) atoms. The predicted octanol–water partition coefficient (Wildman–Crippen LogP) is 3.43. The predicted molar refractivity (Wildman–Crippen MR) is 152 cm³/mol. The highest BCUT2D eigenvalue weighted by atomic mass is 35.5. The van der Waals surface area contributed by atoms with E-state index in [9.17, 15) is 19.2 Å². The summed E-state index contributed by atoms with van der Waals surface area (Å²) in [5.74, 6) is -5.28. The summed E-state index contributed by atoms with van der Waals surface area (Å²) in [4.78, 5) is 56.4. The molecule has 1 N–H and O–H groups in total. The maximum atomic E-state index is 15.5. The van der Waals surface area contributed by atoms with Crippen LogP contribution in [0.2, 0.25) is 10.0 Å². The maximum Gasteiger partial charge on any atom is 0.275 e. The van der Waals surface area contributed by atoms with Crippen LogP contribution in [0.25, 0.3) is 0 Å². The van der Waals surface area contributed by atoms with E-state index < -0.39 is 48.2 Å². The first kappa shape index (κ1) is 29.0. The van der Waals surface area contributed by atoms with Gasteiger partial charge in [-0.15, -0.1) is 0 Å². The van der Waals surface area contributed by atoms with Crippen molar-refractivity contribution in [2.24, 2.45) is 0 Å². The summed E-state index contributed by atoms with van der Waals surface area (Å²) in [5.41, 5.74) is 1.73. The molecule has 13 heteroatoms. The van der Waals surface area contributed by atoms with Gasteiger partial charge >= 0.3 is 0 Å². The summed E-state index contributed by atoms with van der Waals surface area (Å²) in [6.45, 7) is 2.30. The van der Waals surface area contributed by atoms with Crippen LogP contribution in [0.3, 0.4) is 0 Å². The molecular weight excluding hydrogens is 591 g/mol. The number of halogens is 4. The molecular formula is C29H29Cl2F2N5O4. The fourth-order valence-electron chi connectivity index (χ4n) is 6.47. The van der Waals surface area contributed by atoms with Crippen molar-refractivity contribution in [3.63, 3.8) is 0 Å². The van der Waals surface area contributed by atoms with Gasteiger partial charge in [-0.3, -0.25) is 39.2 Å². The molecule has 2 aromatic carbocycles. The van der Waals surface area contributed by atoms with E-state index >= 15 is 8.78 Å². The van der Waals surface area contributed by atoms with Gasteiger partial charge in [-0.1, -0.05) is 35.3 Å². The zero-order valence-electron chi connectivity index (χ0n) is 22.6. The number of hydrogen-bond donors (Lipinski definition) is 1. The smallest absolute Gasteiger partial charge is 0.275 e. The van der Waals surface area contributed by atoms with Crippen molar-refractivity contribution >= 4 is 52.5 Å². The fraction of sp³-hybridized carbons (Fsp3) is 0.448. The van der Waals surface area contributed by atoms with E-state index in [1.165, 1.54) is 6.07 Å². The molecule has 2 atom stereocenters. The molecule has 0 aromatic heterocycles. The number of alkyl halides is 2. The number of fused-ring (bicyclic) bond motifs is 1. The van der Waals surface area contributed by atoms with Crippen LogP contribution < -0.4 is 10.2 Å². The molecule has 222 valence electrons. The number of piperazine rings is 1. The standard InChI is InChI=1S/C29H29Cl2F2N5O4/c30-20-2-1-3-21(25(20)31)36-10-12-37(13-11-36)23-8-9-35(16-29(23,32)33)15-17-4-5-18-19(14-17)28(42)38(27(18)41)22-6-7-24(39)34-26(22)40/h1-5,14,22-23H,6-13,15-16H2,(H,34,39,40). The number of hydrogen-bond acceptors (Lipinski definition) is 7. The largest absolute Gasteiger partial charge is 0.368 e. The van der Waals surface area contributed by atoms with Crippen molar-refractivity contribution in [3.05, 3.63) is 63.1 Å². The van der Waals surface area contributed by atoms with Crippen LogP contribution in [-0.4, -0.2) is 95.6 Å². The summed E-state index contributed by atoms with van der Waals surface area (Å²) < 4.78 is 31.0. The zero-order valence-corrected chi connectivity index (χ0v) is 24.1. The van der Waals surface area contributed by atoms with Gasteiger partial charge in [0.25, 0.3) is 17.7 Å². The van der Waals surface area contributed by atoms with E-state index in [4.69, 9.17) is 23.2 Å². The summed E-state index contributed by atoms with van der Waals surface area (Å²) in [6.07, 6.45) is 0.387. The Morgan fingerprint density at radius 3 is 2.36 bits per heavy atom. The average molecular weight is 620 g/mol. The molecule has 0 saturated carbocycles. The van der Waals surface area contributed by atoms with Crippen LogP contribution in [0.1, 0.15) is 45.5 Å². The minimum absolute atomic E-state index is 0.0329. The molecule has 2 aromatic rings. The molecule has 0 aliphatic carbocycles. The molecule has 0 spiro atoms. The lowest BCUT2D eigenvalue weighted by Crippen LogP contribution is -2.61. The molecule has 0 radical (unpaired) electrons. The Balaban J connectivity index is 1.08. The van der Waals surface area contributed by atoms with Crippen molar-refractivity contribution in [2.45, 2.75) is 43.8 Å². The summed E-state index contributed by atoms with van der Waals surface area (Å²) in [5, 5.41) is 3.10. The van der Waals surface area contributed by atoms with Crippen molar-refractivity contribution in [1.29, 1.82) is 0 Å². The van der Waals surface area contributed by atoms with Crippen LogP contribution in [0.15, 0.2) is 36.4 Å². The number of amides is 4. The Bertz CT molecular complexity index is 1470. The van der Waals surface area contributed by atoms with Crippen LogP contribution in [0.5, 0.6) is 0 Å². The number of carbonyl (C=O) groups excluding carboxylic acids is 4. The van der Waals surface area contributed by atoms with Gasteiger partial charge in [0.05, 0.1) is 39.4 Å². The molecule has 3 fully saturated rings. The van der Waals surface area contributed by atoms with Crippen LogP contribution in [-0.2, 0) is 16.1 Å². The van der Waals surface area contributed by atoms with E-state index in [1.807, 2.05) is 17.0 Å². The van der Waals surface area contributed by atoms with Gasteiger partial charge in [0, 0.05) is 45.7 Å². The number of nitrogens with zero attached hydrogens (tertiary/aromatic N) is 4. The SMILES string of the molecule is O=C1CCC(N2C(=O)c3ccc(CN4CCC(N5CCN(c6cccc(Cl)c6Cl)CC5)C(F)(F)C4)cc3C2=O)C(=O)N1. The second kappa shape index (κ2) is 11.2. The van der Waals surface area contributed by atoms with E-state index in [-0.39, 0.29) is 36.9 Å². The summed E-state index contributed by atoms with van der Waals surface area (Å²) >= 11 is 12.5.